The first kappa shape index (κ1) is 14.3. The zero-order valence-electron chi connectivity index (χ0n) is 11.1. The van der Waals surface area contributed by atoms with E-state index >= 15 is 0 Å². The Morgan fingerprint density at radius 1 is 1.55 bits per heavy atom. The van der Waals surface area contributed by atoms with Crippen LogP contribution in [0.4, 0.5) is 4.79 Å². The molecule has 0 radical (unpaired) electrons. The van der Waals surface area contributed by atoms with Gasteiger partial charge in [0.1, 0.15) is 5.92 Å². The highest BCUT2D eigenvalue weighted by Crippen LogP contribution is 2.18. The van der Waals surface area contributed by atoms with Crippen molar-refractivity contribution in [3.8, 4) is 0 Å². The maximum atomic E-state index is 11.9. The van der Waals surface area contributed by atoms with E-state index in [1.54, 1.807) is 24.1 Å². The molecule has 2 N–H and O–H groups in total. The van der Waals surface area contributed by atoms with Gasteiger partial charge in [-0.2, -0.15) is 0 Å². The van der Waals surface area contributed by atoms with Gasteiger partial charge in [-0.1, -0.05) is 5.21 Å². The summed E-state index contributed by atoms with van der Waals surface area (Å²) in [4.78, 5) is 24.4. The number of rotatable bonds is 5. The summed E-state index contributed by atoms with van der Waals surface area (Å²) in [6.45, 7) is 1.27. The average Bonchev–Trinajstić information content (AvgIpc) is 3.08. The molecule has 2 unspecified atom stereocenters. The Balaban J connectivity index is 1.80. The highest BCUT2D eigenvalue weighted by atomic mass is 16.5. The zero-order chi connectivity index (χ0) is 14.5. The Labute approximate surface area is 115 Å². The van der Waals surface area contributed by atoms with Crippen LogP contribution >= 0.6 is 0 Å². The maximum Gasteiger partial charge on any atom is 0.317 e. The van der Waals surface area contributed by atoms with Crippen LogP contribution in [-0.4, -0.2) is 69.8 Å². The number of hydrogen-bond donors (Lipinski definition) is 2. The quantitative estimate of drug-likeness (QED) is 0.718. The fourth-order valence-electron chi connectivity index (χ4n) is 2.07. The number of aromatic nitrogens is 3. The summed E-state index contributed by atoms with van der Waals surface area (Å²) in [5.74, 6) is -1.63. The second kappa shape index (κ2) is 6.33. The molecule has 2 heterocycles. The predicted molar refractivity (Wildman–Crippen MR) is 66.9 cm³/mol. The number of likely N-dealkylation sites (N-methyl/N-ethyl adjacent to an activating group) is 1. The van der Waals surface area contributed by atoms with Crippen LogP contribution in [0.1, 0.15) is 0 Å². The van der Waals surface area contributed by atoms with Gasteiger partial charge in [-0.3, -0.25) is 9.48 Å². The fraction of sp³-hybridized carbons (Fsp3) is 0.636. The number of amides is 2. The highest BCUT2D eigenvalue weighted by Gasteiger charge is 2.38. The van der Waals surface area contributed by atoms with E-state index in [1.807, 2.05) is 0 Å². The number of urea groups is 1. The van der Waals surface area contributed by atoms with Crippen LogP contribution < -0.4 is 5.32 Å². The van der Waals surface area contributed by atoms with Crippen LogP contribution in [0.2, 0.25) is 0 Å². The third kappa shape index (κ3) is 3.23. The molecule has 2 atom stereocenters. The van der Waals surface area contributed by atoms with E-state index in [9.17, 15) is 9.59 Å². The van der Waals surface area contributed by atoms with Crippen LogP contribution in [0.25, 0.3) is 0 Å². The minimum Gasteiger partial charge on any atom is -0.481 e. The van der Waals surface area contributed by atoms with Crippen molar-refractivity contribution in [3.05, 3.63) is 12.4 Å². The second-order valence-corrected chi connectivity index (χ2v) is 4.56. The largest absolute Gasteiger partial charge is 0.481 e. The number of hydrogen-bond acceptors (Lipinski definition) is 5. The molecular formula is C11H17N5O4. The molecule has 0 saturated carbocycles. The Bertz CT molecular complexity index is 463. The smallest absolute Gasteiger partial charge is 0.317 e. The third-order valence-electron chi connectivity index (χ3n) is 3.27. The first-order chi connectivity index (χ1) is 9.59. The molecule has 1 aliphatic rings. The van der Waals surface area contributed by atoms with Crippen molar-refractivity contribution in [2.24, 2.45) is 5.92 Å². The lowest BCUT2D eigenvalue weighted by molar-refractivity contribution is -0.142. The number of carbonyl (C=O) groups excluding carboxylic acids is 1. The van der Waals surface area contributed by atoms with E-state index in [4.69, 9.17) is 9.84 Å². The van der Waals surface area contributed by atoms with Crippen molar-refractivity contribution in [3.63, 3.8) is 0 Å². The first-order valence-corrected chi connectivity index (χ1v) is 6.25. The highest BCUT2D eigenvalue weighted by molar-refractivity contribution is 5.77. The van der Waals surface area contributed by atoms with Crippen LogP contribution in [0.5, 0.6) is 0 Å². The summed E-state index contributed by atoms with van der Waals surface area (Å²) in [5.41, 5.74) is 0. The Hall–Kier alpha value is -2.16. The van der Waals surface area contributed by atoms with Gasteiger partial charge < -0.3 is 20.1 Å². The fourth-order valence-corrected chi connectivity index (χ4v) is 2.07. The number of carbonyl (C=O) groups is 2. The molecule has 1 saturated heterocycles. The topological polar surface area (TPSA) is 110 Å². The van der Waals surface area contributed by atoms with Gasteiger partial charge in [-0.15, -0.1) is 5.10 Å². The predicted octanol–water partition coefficient (Wildman–Crippen LogP) is -0.981. The number of ether oxygens (including phenoxy) is 1. The Morgan fingerprint density at radius 3 is 3.00 bits per heavy atom. The molecule has 0 aromatic carbocycles. The van der Waals surface area contributed by atoms with Crippen LogP contribution in [0.3, 0.4) is 0 Å². The van der Waals surface area contributed by atoms with Gasteiger partial charge in [-0.25, -0.2) is 4.79 Å². The SMILES string of the molecule is CN(C(=O)NCCn1ccnn1)C1COCC1C(=O)O. The maximum absolute atomic E-state index is 11.9. The van der Waals surface area contributed by atoms with E-state index in [0.29, 0.717) is 13.1 Å². The monoisotopic (exact) mass is 283 g/mol. The summed E-state index contributed by atoms with van der Waals surface area (Å²) in [6, 6.07) is -0.772. The number of carboxylic acid groups (broad SMARTS) is 1. The minimum absolute atomic E-state index is 0.135. The molecule has 0 bridgehead atoms. The van der Waals surface area contributed by atoms with Gasteiger partial charge in [0.2, 0.25) is 0 Å². The van der Waals surface area contributed by atoms with Crippen molar-refractivity contribution in [1.29, 1.82) is 0 Å². The summed E-state index contributed by atoms with van der Waals surface area (Å²) < 4.78 is 6.74. The molecule has 110 valence electrons. The van der Waals surface area contributed by atoms with Gasteiger partial charge in [0.15, 0.2) is 0 Å². The zero-order valence-corrected chi connectivity index (χ0v) is 11.1. The molecule has 0 spiro atoms. The number of carboxylic acids is 1. The Morgan fingerprint density at radius 2 is 2.35 bits per heavy atom. The number of nitrogens with one attached hydrogen (secondary N) is 1. The second-order valence-electron chi connectivity index (χ2n) is 4.56. The standard InChI is InChI=1S/C11H17N5O4/c1-15(9-7-20-6-8(9)10(17)18)11(19)12-2-4-16-5-3-13-14-16/h3,5,8-9H,2,4,6-7H2,1H3,(H,12,19)(H,17,18). The van der Waals surface area contributed by atoms with E-state index in [-0.39, 0.29) is 19.2 Å². The molecule has 1 aromatic rings. The summed E-state index contributed by atoms with van der Waals surface area (Å²) in [7, 11) is 1.57. The summed E-state index contributed by atoms with van der Waals surface area (Å²) in [6.07, 6.45) is 3.25. The van der Waals surface area contributed by atoms with E-state index in [1.165, 1.54) is 4.90 Å². The van der Waals surface area contributed by atoms with Crippen molar-refractivity contribution in [2.75, 3.05) is 26.8 Å². The molecule has 2 amide bonds. The number of nitrogens with zero attached hydrogens (tertiary/aromatic N) is 4. The minimum atomic E-state index is -0.949. The van der Waals surface area contributed by atoms with Crippen LogP contribution in [0.15, 0.2) is 12.4 Å². The molecule has 1 fully saturated rings. The van der Waals surface area contributed by atoms with Crippen molar-refractivity contribution >= 4 is 12.0 Å². The van der Waals surface area contributed by atoms with Crippen molar-refractivity contribution < 1.29 is 19.4 Å². The molecule has 1 aliphatic heterocycles. The molecule has 9 nitrogen and oxygen atoms in total. The molecule has 2 rings (SSSR count). The van der Waals surface area contributed by atoms with Gasteiger partial charge in [-0.05, 0) is 0 Å². The van der Waals surface area contributed by atoms with E-state index < -0.39 is 17.9 Å². The lowest BCUT2D eigenvalue weighted by Gasteiger charge is -2.26. The molecule has 1 aromatic heterocycles. The third-order valence-corrected chi connectivity index (χ3v) is 3.27. The molecule has 9 heteroatoms. The van der Waals surface area contributed by atoms with E-state index in [0.717, 1.165) is 0 Å². The van der Waals surface area contributed by atoms with Gasteiger partial charge >= 0.3 is 12.0 Å². The average molecular weight is 283 g/mol. The summed E-state index contributed by atoms with van der Waals surface area (Å²) >= 11 is 0. The van der Waals surface area contributed by atoms with Gasteiger partial charge in [0, 0.05) is 19.8 Å². The lowest BCUT2D eigenvalue weighted by atomic mass is 10.0. The van der Waals surface area contributed by atoms with Crippen molar-refractivity contribution in [2.45, 2.75) is 12.6 Å². The normalized spacial score (nSPS) is 21.6. The molecular weight excluding hydrogens is 266 g/mol. The molecule has 0 aliphatic carbocycles. The first-order valence-electron chi connectivity index (χ1n) is 6.25. The van der Waals surface area contributed by atoms with Gasteiger partial charge in [0.05, 0.1) is 32.0 Å². The van der Waals surface area contributed by atoms with Crippen LogP contribution in [-0.2, 0) is 16.1 Å². The lowest BCUT2D eigenvalue weighted by Crippen LogP contribution is -2.48. The molecule has 20 heavy (non-hydrogen) atoms. The Kier molecular flexibility index (Phi) is 4.51. The number of aliphatic carboxylic acids is 1. The van der Waals surface area contributed by atoms with Crippen molar-refractivity contribution in [1.82, 2.24) is 25.2 Å². The van der Waals surface area contributed by atoms with Gasteiger partial charge in [0.25, 0.3) is 0 Å². The van der Waals surface area contributed by atoms with E-state index in [2.05, 4.69) is 15.6 Å². The van der Waals surface area contributed by atoms with Crippen LogP contribution in [0, 0.1) is 5.92 Å². The summed E-state index contributed by atoms with van der Waals surface area (Å²) in [5, 5.41) is 19.2.